The molecule has 0 saturated carbocycles. The number of hydrogen-bond donors (Lipinski definition) is 2. The Morgan fingerprint density at radius 3 is 2.74 bits per heavy atom. The minimum absolute atomic E-state index is 0.162. The second-order valence-corrected chi connectivity index (χ2v) is 5.15. The van der Waals surface area contributed by atoms with E-state index in [0.717, 1.165) is 22.7 Å². The number of anilines is 2. The van der Waals surface area contributed by atoms with E-state index in [-0.39, 0.29) is 5.91 Å². The molecule has 0 bridgehead atoms. The van der Waals surface area contributed by atoms with Crippen LogP contribution in [0, 0.1) is 6.92 Å². The molecule has 0 aliphatic rings. The van der Waals surface area contributed by atoms with Crippen LogP contribution in [-0.2, 0) is 6.42 Å². The molecule has 100 valence electrons. The number of aryl methyl sites for hydroxylation is 2. The molecule has 1 aromatic carbocycles. The number of carbonyl (C=O) groups excluding carboxylic acids is 1. The molecule has 0 atom stereocenters. The number of carbonyl (C=O) groups is 1. The third-order valence-electron chi connectivity index (χ3n) is 2.75. The molecular formula is C13H16N4OS. The monoisotopic (exact) mass is 276 g/mol. The van der Waals surface area contributed by atoms with Crippen LogP contribution in [0.4, 0.5) is 10.8 Å². The minimum Gasteiger partial charge on any atom is -0.388 e. The third kappa shape index (κ3) is 3.08. The molecule has 0 saturated heterocycles. The summed E-state index contributed by atoms with van der Waals surface area (Å²) in [6.45, 7) is 3.97. The second-order valence-electron chi connectivity index (χ2n) is 4.09. The van der Waals surface area contributed by atoms with Crippen molar-refractivity contribution in [3.05, 3.63) is 34.3 Å². The molecule has 0 radical (unpaired) electrons. The summed E-state index contributed by atoms with van der Waals surface area (Å²) in [6, 6.07) is 5.53. The van der Waals surface area contributed by atoms with Gasteiger partial charge in [-0.15, -0.1) is 10.2 Å². The summed E-state index contributed by atoms with van der Waals surface area (Å²) in [5, 5.41) is 15.2. The van der Waals surface area contributed by atoms with Crippen molar-refractivity contribution in [1.82, 2.24) is 10.2 Å². The maximum Gasteiger partial charge on any atom is 0.257 e. The molecule has 0 aliphatic carbocycles. The summed E-state index contributed by atoms with van der Waals surface area (Å²) in [7, 11) is 1.86. The first-order chi connectivity index (χ1) is 9.13. The first-order valence-electron chi connectivity index (χ1n) is 6.06. The summed E-state index contributed by atoms with van der Waals surface area (Å²) in [6.07, 6.45) is 0.823. The van der Waals surface area contributed by atoms with Gasteiger partial charge in [0.05, 0.1) is 0 Å². The van der Waals surface area contributed by atoms with Crippen molar-refractivity contribution in [1.29, 1.82) is 0 Å². The lowest BCUT2D eigenvalue weighted by Crippen LogP contribution is -2.12. The zero-order valence-electron chi connectivity index (χ0n) is 11.2. The van der Waals surface area contributed by atoms with Crippen LogP contribution in [0.3, 0.4) is 0 Å². The quantitative estimate of drug-likeness (QED) is 0.901. The lowest BCUT2D eigenvalue weighted by Gasteiger charge is -2.07. The molecule has 6 heteroatoms. The minimum atomic E-state index is -0.162. The van der Waals surface area contributed by atoms with Crippen LogP contribution in [0.5, 0.6) is 0 Å². The predicted octanol–water partition coefficient (Wildman–Crippen LogP) is 2.70. The van der Waals surface area contributed by atoms with Gasteiger partial charge in [-0.1, -0.05) is 18.3 Å². The van der Waals surface area contributed by atoms with Gasteiger partial charge >= 0.3 is 0 Å². The van der Waals surface area contributed by atoms with E-state index in [1.165, 1.54) is 11.3 Å². The lowest BCUT2D eigenvalue weighted by atomic mass is 10.1. The van der Waals surface area contributed by atoms with E-state index in [1.807, 2.05) is 33.0 Å². The van der Waals surface area contributed by atoms with Gasteiger partial charge in [0.1, 0.15) is 5.01 Å². The Bertz CT molecular complexity index is 594. The van der Waals surface area contributed by atoms with Crippen molar-refractivity contribution >= 4 is 28.1 Å². The van der Waals surface area contributed by atoms with Crippen molar-refractivity contribution in [3.63, 3.8) is 0 Å². The van der Waals surface area contributed by atoms with E-state index in [9.17, 15) is 4.79 Å². The van der Waals surface area contributed by atoms with Crippen LogP contribution in [0.15, 0.2) is 18.2 Å². The Labute approximate surface area is 116 Å². The van der Waals surface area contributed by atoms with E-state index >= 15 is 0 Å². The predicted molar refractivity (Wildman–Crippen MR) is 78.0 cm³/mol. The van der Waals surface area contributed by atoms with Crippen LogP contribution < -0.4 is 10.6 Å². The number of benzene rings is 1. The highest BCUT2D eigenvalue weighted by Crippen LogP contribution is 2.19. The molecule has 2 aromatic rings. The highest BCUT2D eigenvalue weighted by atomic mass is 32.1. The van der Waals surface area contributed by atoms with Crippen molar-refractivity contribution in [3.8, 4) is 0 Å². The maximum absolute atomic E-state index is 12.1. The number of nitrogens with one attached hydrogen (secondary N) is 2. The third-order valence-corrected chi connectivity index (χ3v) is 3.73. The Hall–Kier alpha value is -1.95. The summed E-state index contributed by atoms with van der Waals surface area (Å²) < 4.78 is 0. The van der Waals surface area contributed by atoms with E-state index in [1.54, 1.807) is 6.07 Å². The molecule has 0 fully saturated rings. The van der Waals surface area contributed by atoms with Gasteiger partial charge in [-0.3, -0.25) is 10.1 Å². The van der Waals surface area contributed by atoms with Gasteiger partial charge in [-0.25, -0.2) is 0 Å². The van der Waals surface area contributed by atoms with Crippen molar-refractivity contribution in [2.45, 2.75) is 20.3 Å². The standard InChI is InChI=1S/C13H16N4OS/c1-4-11-16-17-13(19-11)15-12(18)9-5-6-10(14-3)8(2)7-9/h5-7,14H,4H2,1-3H3,(H,15,17,18). The zero-order valence-corrected chi connectivity index (χ0v) is 12.0. The van der Waals surface area contributed by atoms with E-state index < -0.39 is 0 Å². The summed E-state index contributed by atoms with van der Waals surface area (Å²) in [4.78, 5) is 12.1. The fraction of sp³-hybridized carbons (Fsp3) is 0.308. The molecule has 2 N–H and O–H groups in total. The summed E-state index contributed by atoms with van der Waals surface area (Å²) in [5.74, 6) is -0.162. The van der Waals surface area contributed by atoms with E-state index in [0.29, 0.717) is 10.7 Å². The topological polar surface area (TPSA) is 66.9 Å². The molecule has 5 nitrogen and oxygen atoms in total. The van der Waals surface area contributed by atoms with Crippen LogP contribution in [0.2, 0.25) is 0 Å². The average molecular weight is 276 g/mol. The molecule has 0 unspecified atom stereocenters. The van der Waals surface area contributed by atoms with E-state index in [2.05, 4.69) is 20.8 Å². The van der Waals surface area contributed by atoms with E-state index in [4.69, 9.17) is 0 Å². The van der Waals surface area contributed by atoms with Crippen LogP contribution in [-0.4, -0.2) is 23.2 Å². The van der Waals surface area contributed by atoms with Gasteiger partial charge in [0.2, 0.25) is 5.13 Å². The number of amides is 1. The van der Waals surface area contributed by atoms with Gasteiger partial charge < -0.3 is 5.32 Å². The zero-order chi connectivity index (χ0) is 13.8. The van der Waals surface area contributed by atoms with Crippen molar-refractivity contribution < 1.29 is 4.79 Å². The largest absolute Gasteiger partial charge is 0.388 e. The second kappa shape index (κ2) is 5.79. The highest BCUT2D eigenvalue weighted by Gasteiger charge is 2.10. The molecule has 1 amide bonds. The van der Waals surface area contributed by atoms with Gasteiger partial charge in [0.15, 0.2) is 0 Å². The first-order valence-corrected chi connectivity index (χ1v) is 6.87. The fourth-order valence-corrected chi connectivity index (χ4v) is 2.38. The summed E-state index contributed by atoms with van der Waals surface area (Å²) in [5.41, 5.74) is 2.66. The molecule has 19 heavy (non-hydrogen) atoms. The highest BCUT2D eigenvalue weighted by molar-refractivity contribution is 7.15. The Kier molecular flexibility index (Phi) is 4.11. The molecular weight excluding hydrogens is 260 g/mol. The molecule has 1 heterocycles. The molecule has 1 aromatic heterocycles. The van der Waals surface area contributed by atoms with Crippen LogP contribution in [0.1, 0.15) is 27.9 Å². The normalized spacial score (nSPS) is 10.3. The van der Waals surface area contributed by atoms with Crippen LogP contribution in [0.25, 0.3) is 0 Å². The van der Waals surface area contributed by atoms with Gasteiger partial charge in [-0.2, -0.15) is 0 Å². The Balaban J connectivity index is 2.13. The number of rotatable bonds is 4. The number of aromatic nitrogens is 2. The van der Waals surface area contributed by atoms with Gasteiger partial charge in [0, 0.05) is 18.3 Å². The molecule has 0 aliphatic heterocycles. The Morgan fingerprint density at radius 2 is 2.16 bits per heavy atom. The smallest absolute Gasteiger partial charge is 0.257 e. The van der Waals surface area contributed by atoms with Crippen molar-refractivity contribution in [2.24, 2.45) is 0 Å². The van der Waals surface area contributed by atoms with Crippen molar-refractivity contribution in [2.75, 3.05) is 17.7 Å². The van der Waals surface area contributed by atoms with Gasteiger partial charge in [-0.05, 0) is 37.1 Å². The molecule has 0 spiro atoms. The Morgan fingerprint density at radius 1 is 1.37 bits per heavy atom. The first kappa shape index (κ1) is 13.5. The SMILES string of the molecule is CCc1nnc(NC(=O)c2ccc(NC)c(C)c2)s1. The number of nitrogens with zero attached hydrogens (tertiary/aromatic N) is 2. The fourth-order valence-electron chi connectivity index (χ4n) is 1.70. The molecule has 2 rings (SSSR count). The average Bonchev–Trinajstić information content (AvgIpc) is 2.86. The maximum atomic E-state index is 12.1. The number of hydrogen-bond acceptors (Lipinski definition) is 5. The summed E-state index contributed by atoms with van der Waals surface area (Å²) >= 11 is 1.40. The van der Waals surface area contributed by atoms with Crippen LogP contribution >= 0.6 is 11.3 Å². The lowest BCUT2D eigenvalue weighted by molar-refractivity contribution is 0.102. The van der Waals surface area contributed by atoms with Gasteiger partial charge in [0.25, 0.3) is 5.91 Å².